The fourth-order valence-electron chi connectivity index (χ4n) is 3.06. The molecule has 2 heterocycles. The van der Waals surface area contributed by atoms with E-state index in [2.05, 4.69) is 11.1 Å². The number of nitrogens with zero attached hydrogens (tertiary/aromatic N) is 2. The molecule has 1 saturated heterocycles. The largest absolute Gasteiger partial charge is 0.318 e. The number of hydrogen-bond donors (Lipinski definition) is 0. The number of amides is 2. The Hall–Kier alpha value is -2.24. The first kappa shape index (κ1) is 18.5. The van der Waals surface area contributed by atoms with E-state index in [9.17, 15) is 9.59 Å². The van der Waals surface area contributed by atoms with Crippen LogP contribution in [0, 0.1) is 20.8 Å². The van der Waals surface area contributed by atoms with Crippen LogP contribution in [0.25, 0.3) is 11.8 Å². The zero-order valence-electron chi connectivity index (χ0n) is 14.9. The second-order valence-electron chi connectivity index (χ2n) is 6.17. The van der Waals surface area contributed by atoms with E-state index in [-0.39, 0.29) is 17.7 Å². The zero-order valence-corrected chi connectivity index (χ0v) is 16.4. The van der Waals surface area contributed by atoms with Crippen molar-refractivity contribution in [3.8, 4) is 5.69 Å². The Morgan fingerprint density at radius 2 is 1.92 bits per heavy atom. The minimum absolute atomic E-state index is 0.225. The van der Waals surface area contributed by atoms with Gasteiger partial charge in [0.15, 0.2) is 0 Å². The summed E-state index contributed by atoms with van der Waals surface area (Å²) in [6.45, 7) is 9.85. The number of benzene rings is 1. The maximum Gasteiger partial charge on any atom is 0.293 e. The summed E-state index contributed by atoms with van der Waals surface area (Å²) in [5.41, 5.74) is 5.04. The first-order chi connectivity index (χ1) is 12.3. The number of imide groups is 1. The molecule has 1 aromatic heterocycles. The van der Waals surface area contributed by atoms with Crippen molar-refractivity contribution in [2.75, 3.05) is 6.54 Å². The third-order valence-corrected chi connectivity index (χ3v) is 5.50. The monoisotopic (exact) mass is 386 g/mol. The highest BCUT2D eigenvalue weighted by Gasteiger charge is 2.34. The molecule has 4 nitrogen and oxygen atoms in total. The van der Waals surface area contributed by atoms with Crippen LogP contribution >= 0.6 is 23.4 Å². The smallest absolute Gasteiger partial charge is 0.293 e. The van der Waals surface area contributed by atoms with Crippen molar-refractivity contribution in [1.82, 2.24) is 9.47 Å². The molecule has 1 fully saturated rings. The highest BCUT2D eigenvalue weighted by atomic mass is 35.5. The predicted molar refractivity (Wildman–Crippen MR) is 108 cm³/mol. The molecule has 3 rings (SSSR count). The van der Waals surface area contributed by atoms with Gasteiger partial charge in [-0.15, -0.1) is 6.58 Å². The zero-order chi connectivity index (χ0) is 19.0. The molecule has 0 radical (unpaired) electrons. The number of rotatable bonds is 4. The quantitative estimate of drug-likeness (QED) is 0.530. The number of carbonyl (C=O) groups is 2. The molecule has 0 atom stereocenters. The van der Waals surface area contributed by atoms with Crippen molar-refractivity contribution in [2.45, 2.75) is 20.8 Å². The minimum atomic E-state index is -0.274. The summed E-state index contributed by atoms with van der Waals surface area (Å²) in [4.78, 5) is 26.1. The molecule has 1 aliphatic rings. The molecule has 0 N–H and O–H groups in total. The fourth-order valence-corrected chi connectivity index (χ4v) is 4.06. The van der Waals surface area contributed by atoms with E-state index in [1.165, 1.54) is 4.90 Å². The van der Waals surface area contributed by atoms with Crippen LogP contribution in [0.3, 0.4) is 0 Å². The molecule has 0 spiro atoms. The molecule has 1 aromatic carbocycles. The molecular formula is C20H19ClN2O2S. The predicted octanol–water partition coefficient (Wildman–Crippen LogP) is 5.28. The van der Waals surface area contributed by atoms with Crippen molar-refractivity contribution in [3.05, 3.63) is 69.4 Å². The molecule has 26 heavy (non-hydrogen) atoms. The number of hydrogen-bond acceptors (Lipinski definition) is 3. The van der Waals surface area contributed by atoms with Crippen LogP contribution in [0.5, 0.6) is 0 Å². The van der Waals surface area contributed by atoms with Crippen LogP contribution in [0.15, 0.2) is 41.8 Å². The summed E-state index contributed by atoms with van der Waals surface area (Å²) in [6, 6.07) is 7.79. The van der Waals surface area contributed by atoms with Gasteiger partial charge in [0, 0.05) is 28.6 Å². The highest BCUT2D eigenvalue weighted by molar-refractivity contribution is 8.18. The Bertz CT molecular complexity index is 959. The summed E-state index contributed by atoms with van der Waals surface area (Å²) in [5, 5.41) is 0.408. The molecule has 134 valence electrons. The van der Waals surface area contributed by atoms with Crippen LogP contribution in [0.4, 0.5) is 4.79 Å². The van der Waals surface area contributed by atoms with Gasteiger partial charge in [-0.2, -0.15) is 0 Å². The van der Waals surface area contributed by atoms with Gasteiger partial charge < -0.3 is 4.57 Å². The fraction of sp³-hybridized carbons (Fsp3) is 0.200. The summed E-state index contributed by atoms with van der Waals surface area (Å²) >= 11 is 7.13. The summed E-state index contributed by atoms with van der Waals surface area (Å²) in [6.07, 6.45) is 3.33. The number of carbonyl (C=O) groups excluding carboxylic acids is 2. The van der Waals surface area contributed by atoms with Crippen LogP contribution < -0.4 is 0 Å². The first-order valence-electron chi connectivity index (χ1n) is 8.15. The van der Waals surface area contributed by atoms with E-state index in [1.54, 1.807) is 12.2 Å². The number of thioether (sulfide) groups is 1. The molecule has 0 unspecified atom stereocenters. The van der Waals surface area contributed by atoms with Gasteiger partial charge in [0.2, 0.25) is 0 Å². The summed E-state index contributed by atoms with van der Waals surface area (Å²) in [5.74, 6) is -0.274. The van der Waals surface area contributed by atoms with Crippen LogP contribution in [-0.4, -0.2) is 27.2 Å². The van der Waals surface area contributed by atoms with E-state index in [1.807, 2.05) is 45.0 Å². The SMILES string of the molecule is C=CCN1C(=O)S/C(=C/c2cc(C)n(-c3cc(Cl)ccc3C)c2C)C1=O. The topological polar surface area (TPSA) is 42.3 Å². The van der Waals surface area contributed by atoms with E-state index >= 15 is 0 Å². The average Bonchev–Trinajstić information content (AvgIpc) is 3.01. The van der Waals surface area contributed by atoms with E-state index in [0.717, 1.165) is 40.0 Å². The van der Waals surface area contributed by atoms with Crippen molar-refractivity contribution in [2.24, 2.45) is 0 Å². The third-order valence-electron chi connectivity index (χ3n) is 4.35. The average molecular weight is 387 g/mol. The maximum absolute atomic E-state index is 12.4. The molecular weight excluding hydrogens is 368 g/mol. The Morgan fingerprint density at radius 1 is 1.19 bits per heavy atom. The van der Waals surface area contributed by atoms with Gasteiger partial charge in [-0.3, -0.25) is 14.5 Å². The van der Waals surface area contributed by atoms with Crippen LogP contribution in [0.1, 0.15) is 22.5 Å². The van der Waals surface area contributed by atoms with E-state index < -0.39 is 0 Å². The molecule has 2 aromatic rings. The van der Waals surface area contributed by atoms with Gasteiger partial charge in [0.1, 0.15) is 0 Å². The van der Waals surface area contributed by atoms with Crippen molar-refractivity contribution in [1.29, 1.82) is 0 Å². The lowest BCUT2D eigenvalue weighted by Gasteiger charge is -2.13. The Kier molecular flexibility index (Phi) is 5.12. The Labute approximate surface area is 162 Å². The molecule has 1 aliphatic heterocycles. The summed E-state index contributed by atoms with van der Waals surface area (Å²) < 4.78 is 2.11. The minimum Gasteiger partial charge on any atom is -0.318 e. The van der Waals surface area contributed by atoms with Crippen molar-refractivity contribution < 1.29 is 9.59 Å². The van der Waals surface area contributed by atoms with Gasteiger partial charge in [-0.1, -0.05) is 23.7 Å². The van der Waals surface area contributed by atoms with Gasteiger partial charge >= 0.3 is 0 Å². The second kappa shape index (κ2) is 7.17. The van der Waals surface area contributed by atoms with Gasteiger partial charge in [0.25, 0.3) is 11.1 Å². The molecule has 2 amide bonds. The Balaban J connectivity index is 2.04. The van der Waals surface area contributed by atoms with Crippen molar-refractivity contribution >= 4 is 40.6 Å². The Morgan fingerprint density at radius 3 is 2.62 bits per heavy atom. The van der Waals surface area contributed by atoms with Crippen LogP contribution in [-0.2, 0) is 4.79 Å². The van der Waals surface area contributed by atoms with E-state index in [0.29, 0.717) is 9.93 Å². The summed E-state index contributed by atoms with van der Waals surface area (Å²) in [7, 11) is 0. The number of halogens is 1. The molecule has 0 bridgehead atoms. The molecule has 0 aliphatic carbocycles. The maximum atomic E-state index is 12.4. The first-order valence-corrected chi connectivity index (χ1v) is 9.34. The lowest BCUT2D eigenvalue weighted by molar-refractivity contribution is -0.122. The van der Waals surface area contributed by atoms with E-state index in [4.69, 9.17) is 11.6 Å². The molecule has 6 heteroatoms. The van der Waals surface area contributed by atoms with Gasteiger partial charge in [-0.25, -0.2) is 0 Å². The normalized spacial score (nSPS) is 16.0. The number of aromatic nitrogens is 1. The van der Waals surface area contributed by atoms with Gasteiger partial charge in [0.05, 0.1) is 4.91 Å². The lowest BCUT2D eigenvalue weighted by atomic mass is 10.2. The third kappa shape index (κ3) is 3.24. The highest BCUT2D eigenvalue weighted by Crippen LogP contribution is 2.34. The lowest BCUT2D eigenvalue weighted by Crippen LogP contribution is -2.27. The second-order valence-corrected chi connectivity index (χ2v) is 7.60. The van der Waals surface area contributed by atoms with Crippen LogP contribution in [0.2, 0.25) is 5.02 Å². The van der Waals surface area contributed by atoms with Gasteiger partial charge in [-0.05, 0) is 67.9 Å². The standard InChI is InChI=1S/C20H19ClN2O2S/c1-5-8-22-19(24)18(26-20(22)25)10-15-9-13(3)23(14(15)4)17-11-16(21)7-6-12(17)2/h5-7,9-11H,1,8H2,2-4H3/b18-10+. The molecule has 0 saturated carbocycles. The van der Waals surface area contributed by atoms with Crippen molar-refractivity contribution in [3.63, 3.8) is 0 Å². The number of aryl methyl sites for hydroxylation is 2.